The molecule has 0 aliphatic heterocycles. The molecule has 8 heteroatoms. The molecule has 6 nitrogen and oxygen atoms in total. The van der Waals surface area contributed by atoms with Crippen molar-refractivity contribution in [2.45, 2.75) is 26.3 Å². The lowest BCUT2D eigenvalue weighted by molar-refractivity contribution is -0.123. The van der Waals surface area contributed by atoms with Crippen molar-refractivity contribution in [3.8, 4) is 11.5 Å². The van der Waals surface area contributed by atoms with Crippen LogP contribution in [0.1, 0.15) is 29.8 Å². The number of amides is 2. The summed E-state index contributed by atoms with van der Waals surface area (Å²) >= 11 is 12.3. The summed E-state index contributed by atoms with van der Waals surface area (Å²) in [5, 5.41) is 6.75. The molecule has 0 fully saturated rings. The van der Waals surface area contributed by atoms with Gasteiger partial charge in [0.2, 0.25) is 5.91 Å². The molecule has 0 spiro atoms. The van der Waals surface area contributed by atoms with Gasteiger partial charge in [-0.2, -0.15) is 0 Å². The van der Waals surface area contributed by atoms with Gasteiger partial charge in [-0.15, -0.1) is 0 Å². The second-order valence-electron chi connectivity index (χ2n) is 7.04. The fourth-order valence-electron chi connectivity index (χ4n) is 2.89. The van der Waals surface area contributed by atoms with Crippen molar-refractivity contribution in [3.05, 3.63) is 57.6 Å². The summed E-state index contributed by atoms with van der Waals surface area (Å²) in [7, 11) is 3.01. The van der Waals surface area contributed by atoms with Gasteiger partial charge in [0.25, 0.3) is 5.91 Å². The fourth-order valence-corrected chi connectivity index (χ4v) is 3.48. The predicted octanol–water partition coefficient (Wildman–Crippen LogP) is 4.12. The summed E-state index contributed by atoms with van der Waals surface area (Å²) in [6, 6.07) is 9.41. The van der Waals surface area contributed by atoms with Gasteiger partial charge in [0.05, 0.1) is 14.2 Å². The molecular formula is C22H26Cl2N2O4. The van der Waals surface area contributed by atoms with Crippen LogP contribution in [-0.2, 0) is 11.2 Å². The number of methoxy groups -OCH3 is 2. The Hall–Kier alpha value is -2.44. The van der Waals surface area contributed by atoms with Crippen LogP contribution >= 0.6 is 23.2 Å². The maximum Gasteiger partial charge on any atom is 0.252 e. The number of hydrogen-bond donors (Lipinski definition) is 2. The van der Waals surface area contributed by atoms with Crippen LogP contribution < -0.4 is 20.1 Å². The van der Waals surface area contributed by atoms with E-state index in [1.807, 2.05) is 13.8 Å². The summed E-state index contributed by atoms with van der Waals surface area (Å²) in [4.78, 5) is 25.5. The SMILES string of the molecule is COc1cc(OC)cc(C(=O)NC(C(=O)NCCc2c(Cl)cccc2Cl)C(C)C)c1. The number of nitrogens with one attached hydrogen (secondary N) is 2. The fraction of sp³-hybridized carbons (Fsp3) is 0.364. The monoisotopic (exact) mass is 452 g/mol. The third-order valence-corrected chi connectivity index (χ3v) is 5.29. The maximum atomic E-state index is 12.7. The number of benzene rings is 2. The van der Waals surface area contributed by atoms with Crippen LogP contribution in [0.15, 0.2) is 36.4 Å². The Balaban J connectivity index is 2.04. The Morgan fingerprint density at radius 2 is 1.57 bits per heavy atom. The molecule has 1 atom stereocenters. The van der Waals surface area contributed by atoms with Gasteiger partial charge in [-0.05, 0) is 42.2 Å². The standard InChI is InChI=1S/C22H26Cl2N2O4/c1-13(2)20(22(28)25-9-8-17-18(23)6-5-7-19(17)24)26-21(27)14-10-15(29-3)12-16(11-14)30-4/h5-7,10-13,20H,8-9H2,1-4H3,(H,25,28)(H,26,27). The largest absolute Gasteiger partial charge is 0.497 e. The molecule has 2 aromatic rings. The molecule has 0 saturated carbocycles. The molecule has 30 heavy (non-hydrogen) atoms. The van der Waals surface area contributed by atoms with Crippen LogP contribution in [0.25, 0.3) is 0 Å². The lowest BCUT2D eigenvalue weighted by Crippen LogP contribution is -2.50. The van der Waals surface area contributed by atoms with Gasteiger partial charge in [0, 0.05) is 28.2 Å². The maximum absolute atomic E-state index is 12.7. The minimum absolute atomic E-state index is 0.120. The van der Waals surface area contributed by atoms with E-state index in [-0.39, 0.29) is 11.8 Å². The summed E-state index contributed by atoms with van der Waals surface area (Å²) in [5.41, 5.74) is 1.11. The van der Waals surface area contributed by atoms with Gasteiger partial charge in [-0.3, -0.25) is 9.59 Å². The highest BCUT2D eigenvalue weighted by Gasteiger charge is 2.25. The second-order valence-corrected chi connectivity index (χ2v) is 7.85. The van der Waals surface area contributed by atoms with E-state index in [4.69, 9.17) is 32.7 Å². The Kier molecular flexibility index (Phi) is 8.81. The van der Waals surface area contributed by atoms with E-state index < -0.39 is 11.9 Å². The highest BCUT2D eigenvalue weighted by molar-refractivity contribution is 6.36. The van der Waals surface area contributed by atoms with Crippen molar-refractivity contribution in [1.29, 1.82) is 0 Å². The van der Waals surface area contributed by atoms with Gasteiger partial charge >= 0.3 is 0 Å². The summed E-state index contributed by atoms with van der Waals surface area (Å²) in [5.74, 6) is 0.181. The molecular weight excluding hydrogens is 427 g/mol. The Morgan fingerprint density at radius 1 is 1.00 bits per heavy atom. The normalized spacial score (nSPS) is 11.7. The van der Waals surface area contributed by atoms with Gasteiger partial charge in [-0.1, -0.05) is 43.1 Å². The first-order valence-corrected chi connectivity index (χ1v) is 10.3. The van der Waals surface area contributed by atoms with E-state index >= 15 is 0 Å². The lowest BCUT2D eigenvalue weighted by Gasteiger charge is -2.22. The Bertz CT molecular complexity index is 860. The highest BCUT2D eigenvalue weighted by Crippen LogP contribution is 2.24. The molecule has 0 saturated heterocycles. The van der Waals surface area contributed by atoms with Crippen molar-refractivity contribution >= 4 is 35.0 Å². The van der Waals surface area contributed by atoms with Gasteiger partial charge in [-0.25, -0.2) is 0 Å². The van der Waals surface area contributed by atoms with Crippen LogP contribution in [0.2, 0.25) is 10.0 Å². The van der Waals surface area contributed by atoms with Crippen molar-refractivity contribution in [2.24, 2.45) is 5.92 Å². The van der Waals surface area contributed by atoms with Gasteiger partial charge in [0.15, 0.2) is 0 Å². The molecule has 2 amide bonds. The average molecular weight is 453 g/mol. The zero-order valence-electron chi connectivity index (χ0n) is 17.4. The Morgan fingerprint density at radius 3 is 2.07 bits per heavy atom. The minimum Gasteiger partial charge on any atom is -0.497 e. The average Bonchev–Trinajstić information content (AvgIpc) is 2.72. The first-order chi connectivity index (χ1) is 14.3. The van der Waals surface area contributed by atoms with E-state index in [9.17, 15) is 9.59 Å². The molecule has 1 unspecified atom stereocenters. The number of carbonyl (C=O) groups is 2. The van der Waals surface area contributed by atoms with E-state index in [1.165, 1.54) is 14.2 Å². The van der Waals surface area contributed by atoms with E-state index in [2.05, 4.69) is 10.6 Å². The zero-order valence-corrected chi connectivity index (χ0v) is 18.9. The first kappa shape index (κ1) is 23.8. The molecule has 0 radical (unpaired) electrons. The van der Waals surface area contributed by atoms with Crippen molar-refractivity contribution in [2.75, 3.05) is 20.8 Å². The van der Waals surface area contributed by atoms with Crippen LogP contribution in [0.5, 0.6) is 11.5 Å². The van der Waals surface area contributed by atoms with Gasteiger partial charge < -0.3 is 20.1 Å². The summed E-state index contributed by atoms with van der Waals surface area (Å²) < 4.78 is 10.4. The number of halogens is 2. The topological polar surface area (TPSA) is 76.7 Å². The van der Waals surface area contributed by atoms with Crippen LogP contribution in [0, 0.1) is 5.92 Å². The molecule has 2 aromatic carbocycles. The molecule has 0 heterocycles. The van der Waals surface area contributed by atoms with Crippen LogP contribution in [0.4, 0.5) is 0 Å². The second kappa shape index (κ2) is 11.1. The lowest BCUT2D eigenvalue weighted by atomic mass is 10.0. The van der Waals surface area contributed by atoms with Crippen molar-refractivity contribution < 1.29 is 19.1 Å². The zero-order chi connectivity index (χ0) is 22.3. The molecule has 0 aliphatic carbocycles. The third kappa shape index (κ3) is 6.28. The highest BCUT2D eigenvalue weighted by atomic mass is 35.5. The molecule has 0 aromatic heterocycles. The van der Waals surface area contributed by atoms with Crippen molar-refractivity contribution in [3.63, 3.8) is 0 Å². The van der Waals surface area contributed by atoms with Gasteiger partial charge in [0.1, 0.15) is 17.5 Å². The third-order valence-electron chi connectivity index (χ3n) is 4.59. The van der Waals surface area contributed by atoms with E-state index in [0.717, 1.165) is 5.56 Å². The number of carbonyl (C=O) groups excluding carboxylic acids is 2. The Labute approximate surface area is 186 Å². The number of ether oxygens (including phenoxy) is 2. The van der Waals surface area contributed by atoms with E-state index in [0.29, 0.717) is 40.1 Å². The number of hydrogen-bond acceptors (Lipinski definition) is 4. The van der Waals surface area contributed by atoms with E-state index in [1.54, 1.807) is 36.4 Å². The molecule has 2 rings (SSSR count). The number of rotatable bonds is 9. The molecule has 162 valence electrons. The smallest absolute Gasteiger partial charge is 0.252 e. The van der Waals surface area contributed by atoms with Crippen LogP contribution in [-0.4, -0.2) is 38.6 Å². The van der Waals surface area contributed by atoms with Crippen molar-refractivity contribution in [1.82, 2.24) is 10.6 Å². The molecule has 2 N–H and O–H groups in total. The summed E-state index contributed by atoms with van der Waals surface area (Å²) in [6.07, 6.45) is 0.482. The van der Waals surface area contributed by atoms with Crippen LogP contribution in [0.3, 0.4) is 0 Å². The predicted molar refractivity (Wildman–Crippen MR) is 119 cm³/mol. The summed E-state index contributed by atoms with van der Waals surface area (Å²) in [6.45, 7) is 4.07. The first-order valence-electron chi connectivity index (χ1n) is 9.51. The molecule has 0 aliphatic rings. The molecule has 0 bridgehead atoms. The quantitative estimate of drug-likeness (QED) is 0.599. The minimum atomic E-state index is -0.712.